The Morgan fingerprint density at radius 3 is 2.36 bits per heavy atom. The summed E-state index contributed by atoms with van der Waals surface area (Å²) >= 11 is 0. The molecule has 0 radical (unpaired) electrons. The Labute approximate surface area is 151 Å². The lowest BCUT2D eigenvalue weighted by molar-refractivity contribution is -1.01. The topological polar surface area (TPSA) is 56.4 Å². The number of nitrogens with one attached hydrogen (secondary N) is 3. The van der Waals surface area contributed by atoms with Crippen molar-refractivity contribution in [3.63, 3.8) is 0 Å². The fourth-order valence-corrected chi connectivity index (χ4v) is 3.30. The molecular formula is C19H33N3O3+2. The zero-order valence-corrected chi connectivity index (χ0v) is 15.8. The van der Waals surface area contributed by atoms with Gasteiger partial charge in [-0.15, -0.1) is 0 Å². The van der Waals surface area contributed by atoms with E-state index in [9.17, 15) is 4.79 Å². The number of piperazine rings is 1. The molecule has 3 N–H and O–H groups in total. The van der Waals surface area contributed by atoms with E-state index in [1.54, 1.807) is 4.90 Å². The smallest absolute Gasteiger partial charge is 0.279 e. The molecule has 1 saturated heterocycles. The highest BCUT2D eigenvalue weighted by Crippen LogP contribution is 2.29. The highest BCUT2D eigenvalue weighted by molar-refractivity contribution is 5.93. The van der Waals surface area contributed by atoms with Gasteiger partial charge in [0.2, 0.25) is 0 Å². The predicted molar refractivity (Wildman–Crippen MR) is 98.8 cm³/mol. The fourth-order valence-electron chi connectivity index (χ4n) is 3.30. The average Bonchev–Trinajstić information content (AvgIpc) is 2.59. The van der Waals surface area contributed by atoms with E-state index in [2.05, 4.69) is 12.2 Å². The molecule has 1 fully saturated rings. The summed E-state index contributed by atoms with van der Waals surface area (Å²) in [5.74, 6) is 1.46. The second-order valence-electron chi connectivity index (χ2n) is 6.50. The van der Waals surface area contributed by atoms with Crippen LogP contribution < -0.4 is 24.6 Å². The molecule has 1 amide bonds. The van der Waals surface area contributed by atoms with E-state index in [0.29, 0.717) is 31.2 Å². The van der Waals surface area contributed by atoms with Gasteiger partial charge in [0.15, 0.2) is 6.54 Å². The Hall–Kier alpha value is -1.79. The summed E-state index contributed by atoms with van der Waals surface area (Å²) in [6.07, 6.45) is 1.22. The van der Waals surface area contributed by atoms with Gasteiger partial charge in [-0.3, -0.25) is 4.79 Å². The highest BCUT2D eigenvalue weighted by atomic mass is 16.5. The first kappa shape index (κ1) is 19.5. The van der Waals surface area contributed by atoms with Crippen LogP contribution in [0.3, 0.4) is 0 Å². The number of benzene rings is 1. The second kappa shape index (κ2) is 10.3. The summed E-state index contributed by atoms with van der Waals surface area (Å²) in [6, 6.07) is 5.56. The van der Waals surface area contributed by atoms with E-state index >= 15 is 0 Å². The van der Waals surface area contributed by atoms with Crippen molar-refractivity contribution in [1.82, 2.24) is 0 Å². The number of carbonyl (C=O) groups excluding carboxylic acids is 1. The van der Waals surface area contributed by atoms with Crippen molar-refractivity contribution in [2.45, 2.75) is 27.2 Å². The third kappa shape index (κ3) is 6.21. The van der Waals surface area contributed by atoms with E-state index in [1.807, 2.05) is 32.0 Å². The van der Waals surface area contributed by atoms with E-state index in [-0.39, 0.29) is 5.91 Å². The zero-order valence-electron chi connectivity index (χ0n) is 15.8. The third-order valence-corrected chi connectivity index (χ3v) is 4.51. The van der Waals surface area contributed by atoms with Crippen LogP contribution in [0.4, 0.5) is 5.69 Å². The van der Waals surface area contributed by atoms with Gasteiger partial charge in [0.05, 0.1) is 25.4 Å². The van der Waals surface area contributed by atoms with Crippen LogP contribution in [0.15, 0.2) is 18.2 Å². The van der Waals surface area contributed by atoms with Crippen molar-refractivity contribution in [1.29, 1.82) is 0 Å². The van der Waals surface area contributed by atoms with E-state index < -0.39 is 0 Å². The summed E-state index contributed by atoms with van der Waals surface area (Å²) in [6.45, 7) is 13.4. The van der Waals surface area contributed by atoms with E-state index in [1.165, 1.54) is 17.9 Å². The summed E-state index contributed by atoms with van der Waals surface area (Å²) < 4.78 is 11.2. The van der Waals surface area contributed by atoms with Crippen LogP contribution in [0.5, 0.6) is 11.5 Å². The van der Waals surface area contributed by atoms with Gasteiger partial charge in [0, 0.05) is 6.07 Å². The minimum atomic E-state index is 0.0311. The molecule has 2 rings (SSSR count). The molecule has 6 heteroatoms. The quantitative estimate of drug-likeness (QED) is 0.568. The number of ether oxygens (including phenoxy) is 2. The molecule has 25 heavy (non-hydrogen) atoms. The van der Waals surface area contributed by atoms with Gasteiger partial charge in [-0.1, -0.05) is 6.92 Å². The van der Waals surface area contributed by atoms with E-state index in [0.717, 1.165) is 31.9 Å². The first-order chi connectivity index (χ1) is 12.2. The standard InChI is InChI=1S/C19H31N3O3/c1-4-9-21-10-12-22(13-11-21)15-19(23)20-17-14-16(24-5-2)7-8-18(17)25-6-3/h7-8,14H,4-6,9-13,15H2,1-3H3,(H,20,23)/p+2. The van der Waals surface area contributed by atoms with Crippen LogP contribution >= 0.6 is 0 Å². The van der Waals surface area contributed by atoms with Crippen molar-refractivity contribution in [3.8, 4) is 11.5 Å². The maximum absolute atomic E-state index is 12.5. The van der Waals surface area contributed by atoms with Gasteiger partial charge in [-0.2, -0.15) is 0 Å². The Morgan fingerprint density at radius 1 is 1.04 bits per heavy atom. The predicted octanol–water partition coefficient (Wildman–Crippen LogP) is -0.384. The Kier molecular flexibility index (Phi) is 8.01. The summed E-state index contributed by atoms with van der Waals surface area (Å²) in [5, 5.41) is 3.01. The lowest BCUT2D eigenvalue weighted by Crippen LogP contribution is -3.28. The van der Waals surface area contributed by atoms with Gasteiger partial charge in [0.1, 0.15) is 37.7 Å². The van der Waals surface area contributed by atoms with Crippen LogP contribution in [-0.4, -0.2) is 58.4 Å². The number of hydrogen-bond donors (Lipinski definition) is 3. The lowest BCUT2D eigenvalue weighted by atomic mass is 10.2. The SMILES string of the molecule is CCC[NH+]1CC[NH+](CC(=O)Nc2cc(OCC)ccc2OCC)CC1. The molecular weight excluding hydrogens is 318 g/mol. The van der Waals surface area contributed by atoms with Crippen molar-refractivity contribution in [2.75, 3.05) is 57.8 Å². The number of rotatable bonds is 9. The number of carbonyl (C=O) groups is 1. The molecule has 0 unspecified atom stereocenters. The monoisotopic (exact) mass is 351 g/mol. The fraction of sp³-hybridized carbons (Fsp3) is 0.632. The minimum absolute atomic E-state index is 0.0311. The summed E-state index contributed by atoms with van der Waals surface area (Å²) in [4.78, 5) is 15.5. The van der Waals surface area contributed by atoms with Crippen LogP contribution in [0, 0.1) is 0 Å². The molecule has 1 aromatic rings. The lowest BCUT2D eigenvalue weighted by Gasteiger charge is -2.29. The molecule has 1 aliphatic rings. The van der Waals surface area contributed by atoms with Crippen LogP contribution in [0.1, 0.15) is 27.2 Å². The third-order valence-electron chi connectivity index (χ3n) is 4.51. The number of hydrogen-bond acceptors (Lipinski definition) is 3. The Balaban J connectivity index is 1.92. The molecule has 6 nitrogen and oxygen atoms in total. The molecule has 0 aliphatic carbocycles. The highest BCUT2D eigenvalue weighted by Gasteiger charge is 2.24. The van der Waals surface area contributed by atoms with Gasteiger partial charge < -0.3 is 24.6 Å². The van der Waals surface area contributed by atoms with Crippen molar-refractivity contribution < 1.29 is 24.1 Å². The van der Waals surface area contributed by atoms with Crippen molar-refractivity contribution in [2.24, 2.45) is 0 Å². The molecule has 0 bridgehead atoms. The largest absolute Gasteiger partial charge is 0.494 e. The molecule has 140 valence electrons. The maximum atomic E-state index is 12.5. The summed E-state index contributed by atoms with van der Waals surface area (Å²) in [7, 11) is 0. The van der Waals surface area contributed by atoms with Crippen molar-refractivity contribution >= 4 is 11.6 Å². The maximum Gasteiger partial charge on any atom is 0.279 e. The van der Waals surface area contributed by atoms with Crippen molar-refractivity contribution in [3.05, 3.63) is 18.2 Å². The number of anilines is 1. The van der Waals surface area contributed by atoms with Gasteiger partial charge in [-0.25, -0.2) is 0 Å². The zero-order chi connectivity index (χ0) is 18.1. The number of amides is 1. The molecule has 0 aromatic heterocycles. The summed E-state index contributed by atoms with van der Waals surface area (Å²) in [5.41, 5.74) is 0.687. The molecule has 1 heterocycles. The minimum Gasteiger partial charge on any atom is -0.494 e. The molecule has 0 atom stereocenters. The Bertz CT molecular complexity index is 543. The molecule has 1 aromatic carbocycles. The van der Waals surface area contributed by atoms with Gasteiger partial charge in [-0.05, 0) is 32.4 Å². The number of quaternary nitrogens is 2. The Morgan fingerprint density at radius 2 is 1.72 bits per heavy atom. The second-order valence-corrected chi connectivity index (χ2v) is 6.50. The van der Waals surface area contributed by atoms with Gasteiger partial charge >= 0.3 is 0 Å². The van der Waals surface area contributed by atoms with E-state index in [4.69, 9.17) is 9.47 Å². The van der Waals surface area contributed by atoms with Crippen LogP contribution in [0.2, 0.25) is 0 Å². The normalized spacial score (nSPS) is 20.1. The average molecular weight is 351 g/mol. The molecule has 0 saturated carbocycles. The van der Waals surface area contributed by atoms with Crippen LogP contribution in [-0.2, 0) is 4.79 Å². The first-order valence-corrected chi connectivity index (χ1v) is 9.52. The molecule has 0 spiro atoms. The van der Waals surface area contributed by atoms with Crippen LogP contribution in [0.25, 0.3) is 0 Å². The molecule has 1 aliphatic heterocycles. The first-order valence-electron chi connectivity index (χ1n) is 9.52. The van der Waals surface area contributed by atoms with Gasteiger partial charge in [0.25, 0.3) is 5.91 Å².